The van der Waals surface area contributed by atoms with Gasteiger partial charge in [-0.1, -0.05) is 42.5 Å². The first-order valence-corrected chi connectivity index (χ1v) is 8.06. The van der Waals surface area contributed by atoms with Gasteiger partial charge >= 0.3 is 0 Å². The molecular weight excluding hydrogens is 288 g/mol. The van der Waals surface area contributed by atoms with Crippen LogP contribution in [0.5, 0.6) is 0 Å². The molecule has 2 bridgehead atoms. The predicted molar refractivity (Wildman–Crippen MR) is 89.0 cm³/mol. The second-order valence-electron chi connectivity index (χ2n) is 6.55. The van der Waals surface area contributed by atoms with Crippen molar-refractivity contribution in [1.82, 2.24) is 9.36 Å². The molecule has 1 fully saturated rings. The van der Waals surface area contributed by atoms with Crippen molar-refractivity contribution in [3.63, 3.8) is 0 Å². The molecule has 1 aliphatic heterocycles. The highest BCUT2D eigenvalue weighted by molar-refractivity contribution is 5.80. The topological polar surface area (TPSA) is 44.0 Å². The van der Waals surface area contributed by atoms with E-state index in [0.717, 1.165) is 12.8 Å². The highest BCUT2D eigenvalue weighted by atomic mass is 16.2. The van der Waals surface area contributed by atoms with Crippen LogP contribution in [-0.4, -0.2) is 9.36 Å². The lowest BCUT2D eigenvalue weighted by Crippen LogP contribution is -2.40. The van der Waals surface area contributed by atoms with Gasteiger partial charge in [0.2, 0.25) is 0 Å². The van der Waals surface area contributed by atoms with Gasteiger partial charge in [0.05, 0.1) is 22.9 Å². The number of aromatic nitrogens is 2. The molecule has 0 unspecified atom stereocenters. The van der Waals surface area contributed by atoms with Crippen molar-refractivity contribution in [2.75, 3.05) is 0 Å². The summed E-state index contributed by atoms with van der Waals surface area (Å²) in [6.45, 7) is 0. The zero-order valence-electron chi connectivity index (χ0n) is 12.6. The van der Waals surface area contributed by atoms with Gasteiger partial charge in [-0.25, -0.2) is 9.36 Å². The normalized spacial score (nSPS) is 25.0. The van der Waals surface area contributed by atoms with E-state index in [-0.39, 0.29) is 23.2 Å². The van der Waals surface area contributed by atoms with E-state index in [1.807, 2.05) is 30.3 Å². The molecule has 4 heteroatoms. The summed E-state index contributed by atoms with van der Waals surface area (Å²) < 4.78 is 3.45. The number of nitrogens with zero attached hydrogens (tertiary/aromatic N) is 2. The van der Waals surface area contributed by atoms with E-state index in [4.69, 9.17) is 0 Å². The maximum Gasteiger partial charge on any atom is 0.273 e. The van der Waals surface area contributed by atoms with Crippen molar-refractivity contribution in [2.24, 2.45) is 0 Å². The van der Waals surface area contributed by atoms with Crippen LogP contribution in [0.1, 0.15) is 36.4 Å². The van der Waals surface area contributed by atoms with Crippen LogP contribution in [0.4, 0.5) is 0 Å². The molecule has 1 aromatic heterocycles. The smallest absolute Gasteiger partial charge is 0.267 e. The molecule has 2 aliphatic rings. The number of fused-ring (bicyclic) bond motifs is 6. The average Bonchev–Trinajstić information content (AvgIpc) is 3.19. The Labute approximate surface area is 132 Å². The van der Waals surface area contributed by atoms with Crippen LogP contribution >= 0.6 is 0 Å². The van der Waals surface area contributed by atoms with Crippen LogP contribution in [0.15, 0.2) is 64.2 Å². The van der Waals surface area contributed by atoms with Crippen molar-refractivity contribution >= 4 is 10.8 Å². The average molecular weight is 304 g/mol. The Balaban J connectivity index is 1.77. The number of hydrogen-bond donors (Lipinski definition) is 0. The summed E-state index contributed by atoms with van der Waals surface area (Å²) in [4.78, 5) is 25.8. The summed E-state index contributed by atoms with van der Waals surface area (Å²) in [5.74, 6) is 0.319. The summed E-state index contributed by atoms with van der Waals surface area (Å²) in [6.07, 6.45) is 1.82. The van der Waals surface area contributed by atoms with Gasteiger partial charge in [-0.3, -0.25) is 9.59 Å². The zero-order valence-corrected chi connectivity index (χ0v) is 12.6. The fraction of sp³-hybridized carbons (Fsp3) is 0.263. The van der Waals surface area contributed by atoms with E-state index in [2.05, 4.69) is 12.1 Å². The fourth-order valence-electron chi connectivity index (χ4n) is 4.47. The van der Waals surface area contributed by atoms with Crippen LogP contribution in [0.25, 0.3) is 10.8 Å². The maximum atomic E-state index is 12.9. The molecule has 0 saturated heterocycles. The van der Waals surface area contributed by atoms with Crippen molar-refractivity contribution in [1.29, 1.82) is 0 Å². The minimum Gasteiger partial charge on any atom is -0.267 e. The zero-order chi connectivity index (χ0) is 15.6. The van der Waals surface area contributed by atoms with Gasteiger partial charge in [0.15, 0.2) is 0 Å². The van der Waals surface area contributed by atoms with Crippen LogP contribution in [0, 0.1) is 0 Å². The van der Waals surface area contributed by atoms with Gasteiger partial charge in [0.1, 0.15) is 0 Å². The SMILES string of the molecule is O=c1c2ccccc2c(=O)n2n1[C@H]1C[C@H](c3ccccc3)[C@@H]2C1. The van der Waals surface area contributed by atoms with Gasteiger partial charge in [-0.05, 0) is 30.5 Å². The predicted octanol–water partition coefficient (Wildman–Crippen LogP) is 2.84. The number of hydrogen-bond acceptors (Lipinski definition) is 2. The monoisotopic (exact) mass is 304 g/mol. The van der Waals surface area contributed by atoms with Gasteiger partial charge in [-0.15, -0.1) is 0 Å². The van der Waals surface area contributed by atoms with Crippen molar-refractivity contribution in [2.45, 2.75) is 30.8 Å². The van der Waals surface area contributed by atoms with Gasteiger partial charge in [0, 0.05) is 5.92 Å². The van der Waals surface area contributed by atoms with Crippen LogP contribution < -0.4 is 11.1 Å². The lowest BCUT2D eigenvalue weighted by molar-refractivity contribution is 0.327. The lowest BCUT2D eigenvalue weighted by Gasteiger charge is -2.28. The van der Waals surface area contributed by atoms with Crippen molar-refractivity contribution < 1.29 is 0 Å². The molecule has 5 rings (SSSR count). The first-order valence-electron chi connectivity index (χ1n) is 8.06. The molecular formula is C19H16N2O2. The van der Waals surface area contributed by atoms with Gasteiger partial charge < -0.3 is 0 Å². The van der Waals surface area contributed by atoms with E-state index in [1.54, 1.807) is 21.5 Å². The highest BCUT2D eigenvalue weighted by Gasteiger charge is 2.46. The van der Waals surface area contributed by atoms with E-state index >= 15 is 0 Å². The number of rotatable bonds is 1. The second-order valence-corrected chi connectivity index (χ2v) is 6.55. The molecule has 0 radical (unpaired) electrons. The summed E-state index contributed by atoms with van der Waals surface area (Å²) in [5, 5.41) is 1.07. The molecule has 2 heterocycles. The minimum absolute atomic E-state index is 0.0285. The molecule has 3 aromatic rings. The largest absolute Gasteiger partial charge is 0.273 e. The van der Waals surface area contributed by atoms with Gasteiger partial charge in [0.25, 0.3) is 11.1 Å². The molecule has 1 aliphatic carbocycles. The summed E-state index contributed by atoms with van der Waals surface area (Å²) >= 11 is 0. The molecule has 0 spiro atoms. The second kappa shape index (κ2) is 4.44. The summed E-state index contributed by atoms with van der Waals surface area (Å²) in [5.41, 5.74) is 1.20. The molecule has 23 heavy (non-hydrogen) atoms. The molecule has 0 amide bonds. The third-order valence-corrected chi connectivity index (χ3v) is 5.43. The van der Waals surface area contributed by atoms with Crippen LogP contribution in [0.2, 0.25) is 0 Å². The maximum absolute atomic E-state index is 12.9. The first-order chi connectivity index (χ1) is 11.3. The molecule has 2 aromatic carbocycles. The minimum atomic E-state index is -0.0340. The van der Waals surface area contributed by atoms with Gasteiger partial charge in [-0.2, -0.15) is 0 Å². The van der Waals surface area contributed by atoms with E-state index in [0.29, 0.717) is 16.7 Å². The molecule has 3 atom stereocenters. The van der Waals surface area contributed by atoms with Crippen LogP contribution in [-0.2, 0) is 0 Å². The standard InChI is InChI=1S/C19H16N2O2/c22-18-14-8-4-5-9-15(14)19(23)21-17-11-13(20(18)21)10-16(17)12-6-2-1-3-7-12/h1-9,13,16-17H,10-11H2/t13-,16+,17-/m0/s1. The van der Waals surface area contributed by atoms with Crippen molar-refractivity contribution in [3.8, 4) is 0 Å². The summed E-state index contributed by atoms with van der Waals surface area (Å²) in [7, 11) is 0. The Morgan fingerprint density at radius 3 is 2.04 bits per heavy atom. The quantitative estimate of drug-likeness (QED) is 0.694. The Hall–Kier alpha value is -2.62. The lowest BCUT2D eigenvalue weighted by atomic mass is 9.93. The molecule has 114 valence electrons. The van der Waals surface area contributed by atoms with Crippen LogP contribution in [0.3, 0.4) is 0 Å². The molecule has 0 N–H and O–H groups in total. The fourth-order valence-corrected chi connectivity index (χ4v) is 4.47. The third-order valence-electron chi connectivity index (χ3n) is 5.43. The first kappa shape index (κ1) is 12.9. The van der Waals surface area contributed by atoms with E-state index in [1.165, 1.54) is 5.56 Å². The number of benzene rings is 2. The highest BCUT2D eigenvalue weighted by Crippen LogP contribution is 2.51. The van der Waals surface area contributed by atoms with E-state index < -0.39 is 0 Å². The third kappa shape index (κ3) is 1.61. The summed E-state index contributed by atoms with van der Waals surface area (Å²) in [6, 6.07) is 17.7. The van der Waals surface area contributed by atoms with E-state index in [9.17, 15) is 9.59 Å². The molecule has 1 saturated carbocycles. The van der Waals surface area contributed by atoms with Crippen molar-refractivity contribution in [3.05, 3.63) is 80.9 Å². The Bertz CT molecular complexity index is 1030. The molecule has 4 nitrogen and oxygen atoms in total. The Morgan fingerprint density at radius 2 is 1.35 bits per heavy atom. The Morgan fingerprint density at radius 1 is 0.739 bits per heavy atom. The Kier molecular flexibility index (Phi) is 2.49.